The van der Waals surface area contributed by atoms with Crippen LogP contribution in [-0.2, 0) is 4.84 Å². The van der Waals surface area contributed by atoms with Gasteiger partial charge in [-0.2, -0.15) is 5.06 Å². The molecule has 4 rings (SSSR count). The van der Waals surface area contributed by atoms with Gasteiger partial charge in [-0.3, -0.25) is 0 Å². The summed E-state index contributed by atoms with van der Waals surface area (Å²) in [6.07, 6.45) is -0.784. The summed E-state index contributed by atoms with van der Waals surface area (Å²) in [7, 11) is 0. The first-order valence-electron chi connectivity index (χ1n) is 7.90. The Labute approximate surface area is 154 Å². The molecule has 1 saturated heterocycles. The first-order chi connectivity index (χ1) is 12.2. The van der Waals surface area contributed by atoms with Crippen molar-refractivity contribution in [1.82, 2.24) is 0 Å². The van der Waals surface area contributed by atoms with Crippen LogP contribution < -0.4 is 9.96 Å². The number of amides is 1. The van der Waals surface area contributed by atoms with Crippen LogP contribution in [0.15, 0.2) is 89.4 Å². The molecule has 0 saturated carbocycles. The Morgan fingerprint density at radius 2 is 1.32 bits per heavy atom. The van der Waals surface area contributed by atoms with Gasteiger partial charge in [0.2, 0.25) is 0 Å². The van der Waals surface area contributed by atoms with Crippen molar-refractivity contribution in [2.24, 2.45) is 0 Å². The van der Waals surface area contributed by atoms with Gasteiger partial charge in [-0.25, -0.2) is 9.69 Å². The van der Waals surface area contributed by atoms with Crippen molar-refractivity contribution >= 4 is 33.4 Å². The number of para-hydroxylation sites is 2. The summed E-state index contributed by atoms with van der Waals surface area (Å²) >= 11 is 3.46. The minimum absolute atomic E-state index is 0.384. The summed E-state index contributed by atoms with van der Waals surface area (Å²) in [5.41, 5.74) is 2.57. The Morgan fingerprint density at radius 3 is 1.92 bits per heavy atom. The Morgan fingerprint density at radius 1 is 0.760 bits per heavy atom. The quantitative estimate of drug-likeness (QED) is 0.585. The maximum atomic E-state index is 12.7. The molecule has 0 bridgehead atoms. The number of anilines is 2. The molecule has 1 amide bonds. The van der Waals surface area contributed by atoms with E-state index in [1.54, 1.807) is 9.96 Å². The van der Waals surface area contributed by atoms with Crippen molar-refractivity contribution in [1.29, 1.82) is 0 Å². The van der Waals surface area contributed by atoms with Crippen LogP contribution in [0, 0.1) is 0 Å². The number of hydrogen-bond donors (Lipinski definition) is 0. The molecule has 0 spiro atoms. The minimum atomic E-state index is -0.400. The molecule has 25 heavy (non-hydrogen) atoms. The predicted octanol–water partition coefficient (Wildman–Crippen LogP) is 5.53. The molecule has 0 aliphatic carbocycles. The van der Waals surface area contributed by atoms with Gasteiger partial charge in [0, 0.05) is 10.2 Å². The highest BCUT2D eigenvalue weighted by atomic mass is 79.9. The van der Waals surface area contributed by atoms with Gasteiger partial charge in [-0.15, -0.1) is 0 Å². The van der Waals surface area contributed by atoms with Gasteiger partial charge in [0.1, 0.15) is 0 Å². The van der Waals surface area contributed by atoms with Crippen molar-refractivity contribution in [2.75, 3.05) is 9.96 Å². The van der Waals surface area contributed by atoms with Crippen LogP contribution in [0.5, 0.6) is 0 Å². The molecular weight excluding hydrogens is 380 g/mol. The lowest BCUT2D eigenvalue weighted by atomic mass is 10.1. The van der Waals surface area contributed by atoms with E-state index >= 15 is 0 Å². The van der Waals surface area contributed by atoms with Gasteiger partial charge >= 0.3 is 6.09 Å². The maximum Gasteiger partial charge on any atom is 0.440 e. The number of rotatable bonds is 3. The zero-order valence-electron chi connectivity index (χ0n) is 13.2. The molecule has 3 aromatic carbocycles. The standard InChI is InChI=1S/C20H15BrN2O2/c21-16-13-11-15(12-14-16)19-22(17-7-3-1-4-8-17)20(24)25-23(19)18-9-5-2-6-10-18/h1-14,19H. The summed E-state index contributed by atoms with van der Waals surface area (Å²) in [5, 5.41) is 1.65. The maximum absolute atomic E-state index is 12.7. The zero-order chi connectivity index (χ0) is 17.2. The Balaban J connectivity index is 1.83. The van der Waals surface area contributed by atoms with Crippen molar-refractivity contribution in [3.63, 3.8) is 0 Å². The van der Waals surface area contributed by atoms with Crippen LogP contribution >= 0.6 is 15.9 Å². The van der Waals surface area contributed by atoms with E-state index in [-0.39, 0.29) is 6.17 Å². The second kappa shape index (κ2) is 6.61. The predicted molar refractivity (Wildman–Crippen MR) is 101 cm³/mol. The second-order valence-corrected chi connectivity index (χ2v) is 6.56. The first-order valence-corrected chi connectivity index (χ1v) is 8.69. The lowest BCUT2D eigenvalue weighted by Crippen LogP contribution is -2.31. The third-order valence-corrected chi connectivity index (χ3v) is 4.58. The fraction of sp³-hybridized carbons (Fsp3) is 0.0500. The molecule has 124 valence electrons. The van der Waals surface area contributed by atoms with Crippen LogP contribution in [0.2, 0.25) is 0 Å². The van der Waals surface area contributed by atoms with E-state index in [0.717, 1.165) is 21.4 Å². The number of halogens is 1. The molecule has 1 atom stereocenters. The SMILES string of the molecule is O=C1ON(c2ccccc2)C(c2ccc(Br)cc2)N1c1ccccc1. The molecule has 1 aliphatic heterocycles. The molecule has 1 unspecified atom stereocenters. The summed E-state index contributed by atoms with van der Waals surface area (Å²) in [4.78, 5) is 19.9. The fourth-order valence-electron chi connectivity index (χ4n) is 2.91. The monoisotopic (exact) mass is 394 g/mol. The van der Waals surface area contributed by atoms with Crippen molar-refractivity contribution in [2.45, 2.75) is 6.17 Å². The van der Waals surface area contributed by atoms with E-state index in [9.17, 15) is 4.79 Å². The Hall–Kier alpha value is -2.79. The fourth-order valence-corrected chi connectivity index (χ4v) is 3.17. The highest BCUT2D eigenvalue weighted by Gasteiger charge is 2.42. The van der Waals surface area contributed by atoms with E-state index in [1.165, 1.54) is 0 Å². The van der Waals surface area contributed by atoms with E-state index in [2.05, 4.69) is 15.9 Å². The first kappa shape index (κ1) is 15.7. The highest BCUT2D eigenvalue weighted by Crippen LogP contribution is 2.39. The number of benzene rings is 3. The Bertz CT molecular complexity index is 869. The minimum Gasteiger partial charge on any atom is -0.319 e. The van der Waals surface area contributed by atoms with E-state index < -0.39 is 6.09 Å². The van der Waals surface area contributed by atoms with Crippen LogP contribution in [-0.4, -0.2) is 6.09 Å². The number of carbonyl (C=O) groups is 1. The zero-order valence-corrected chi connectivity index (χ0v) is 14.8. The van der Waals surface area contributed by atoms with Gasteiger partial charge in [-0.05, 0) is 42.0 Å². The third kappa shape index (κ3) is 2.98. The number of hydroxylamine groups is 1. The largest absolute Gasteiger partial charge is 0.440 e. The van der Waals surface area contributed by atoms with Gasteiger partial charge < -0.3 is 4.84 Å². The molecule has 1 heterocycles. The molecular formula is C20H15BrN2O2. The lowest BCUT2D eigenvalue weighted by molar-refractivity contribution is 0.164. The molecule has 0 N–H and O–H groups in total. The average Bonchev–Trinajstić information content (AvgIpc) is 3.01. The summed E-state index contributed by atoms with van der Waals surface area (Å²) in [6.45, 7) is 0. The number of nitrogens with zero attached hydrogens (tertiary/aromatic N) is 2. The van der Waals surface area contributed by atoms with Crippen molar-refractivity contribution in [3.05, 3.63) is 95.0 Å². The second-order valence-electron chi connectivity index (χ2n) is 5.65. The molecule has 5 heteroatoms. The summed E-state index contributed by atoms with van der Waals surface area (Å²) in [6, 6.07) is 27.1. The van der Waals surface area contributed by atoms with Crippen LogP contribution in [0.3, 0.4) is 0 Å². The third-order valence-electron chi connectivity index (χ3n) is 4.05. The summed E-state index contributed by atoms with van der Waals surface area (Å²) < 4.78 is 0.985. The number of hydrogen-bond acceptors (Lipinski definition) is 3. The molecule has 1 fully saturated rings. The van der Waals surface area contributed by atoms with Crippen LogP contribution in [0.25, 0.3) is 0 Å². The molecule has 0 radical (unpaired) electrons. The average molecular weight is 395 g/mol. The van der Waals surface area contributed by atoms with Crippen molar-refractivity contribution < 1.29 is 9.63 Å². The van der Waals surface area contributed by atoms with Crippen LogP contribution in [0.1, 0.15) is 11.7 Å². The topological polar surface area (TPSA) is 32.8 Å². The van der Waals surface area contributed by atoms with Gasteiger partial charge in [0.25, 0.3) is 0 Å². The smallest absolute Gasteiger partial charge is 0.319 e. The highest BCUT2D eigenvalue weighted by molar-refractivity contribution is 9.10. The van der Waals surface area contributed by atoms with Gasteiger partial charge in [0.05, 0.1) is 5.69 Å². The van der Waals surface area contributed by atoms with Crippen molar-refractivity contribution in [3.8, 4) is 0 Å². The Kier molecular flexibility index (Phi) is 4.15. The normalized spacial score (nSPS) is 16.8. The molecule has 0 aromatic heterocycles. The van der Waals surface area contributed by atoms with E-state index in [4.69, 9.17) is 4.84 Å². The number of carbonyl (C=O) groups excluding carboxylic acids is 1. The van der Waals surface area contributed by atoms with E-state index in [1.807, 2.05) is 84.9 Å². The molecule has 1 aliphatic rings. The van der Waals surface area contributed by atoms with Crippen LogP contribution in [0.4, 0.5) is 16.2 Å². The molecule has 3 aromatic rings. The summed E-state index contributed by atoms with van der Waals surface area (Å²) in [5.74, 6) is 0. The molecule has 4 nitrogen and oxygen atoms in total. The van der Waals surface area contributed by atoms with E-state index in [0.29, 0.717) is 0 Å². The van der Waals surface area contributed by atoms with Gasteiger partial charge in [0.15, 0.2) is 6.17 Å². The van der Waals surface area contributed by atoms with Gasteiger partial charge in [-0.1, -0.05) is 64.5 Å². The lowest BCUT2D eigenvalue weighted by Gasteiger charge is -2.27.